The molecule has 3 rings (SSSR count). The molecule has 4 heteroatoms. The van der Waals surface area contributed by atoms with E-state index in [9.17, 15) is 4.79 Å². The Morgan fingerprint density at radius 2 is 1.20 bits per heavy atom. The van der Waals surface area contributed by atoms with E-state index in [-0.39, 0.29) is 18.1 Å². The summed E-state index contributed by atoms with van der Waals surface area (Å²) in [7, 11) is 0. The third kappa shape index (κ3) is 4.46. The molecule has 0 aliphatic heterocycles. The molecule has 4 nitrogen and oxygen atoms in total. The van der Waals surface area contributed by atoms with E-state index in [2.05, 4.69) is 10.6 Å². The van der Waals surface area contributed by atoms with Crippen LogP contribution in [-0.4, -0.2) is 6.03 Å². The molecule has 2 atom stereocenters. The quantitative estimate of drug-likeness (QED) is 0.654. The summed E-state index contributed by atoms with van der Waals surface area (Å²) in [4.78, 5) is 12.5. The molecular weight excluding hydrogens is 310 g/mol. The first-order valence-electron chi connectivity index (χ1n) is 8.22. The number of amides is 2. The van der Waals surface area contributed by atoms with Crippen molar-refractivity contribution in [3.63, 3.8) is 0 Å². The minimum absolute atomic E-state index is 0.286. The fourth-order valence-corrected chi connectivity index (χ4v) is 2.74. The van der Waals surface area contributed by atoms with Crippen LogP contribution in [0.2, 0.25) is 0 Å². The van der Waals surface area contributed by atoms with Gasteiger partial charge in [-0.3, -0.25) is 0 Å². The van der Waals surface area contributed by atoms with E-state index in [1.54, 1.807) is 0 Å². The minimum atomic E-state index is -0.356. The lowest BCUT2D eigenvalue weighted by atomic mass is 9.94. The number of benzene rings is 3. The Morgan fingerprint density at radius 3 is 1.76 bits per heavy atom. The summed E-state index contributed by atoms with van der Waals surface area (Å²) in [6, 6.07) is 27.9. The second kappa shape index (κ2) is 8.13. The van der Waals surface area contributed by atoms with Crippen molar-refractivity contribution in [3.05, 3.63) is 102 Å². The summed E-state index contributed by atoms with van der Waals surface area (Å²) in [5.41, 5.74) is 9.14. The molecule has 0 saturated carbocycles. The lowest BCUT2D eigenvalue weighted by Gasteiger charge is -2.26. The smallest absolute Gasteiger partial charge is 0.319 e. The second-order valence-electron chi connectivity index (χ2n) is 5.79. The molecule has 2 amide bonds. The lowest BCUT2D eigenvalue weighted by Crippen LogP contribution is -2.38. The monoisotopic (exact) mass is 331 g/mol. The van der Waals surface area contributed by atoms with Crippen molar-refractivity contribution in [2.75, 3.05) is 5.32 Å². The molecule has 3 aromatic carbocycles. The highest BCUT2D eigenvalue weighted by molar-refractivity contribution is 5.89. The van der Waals surface area contributed by atoms with Crippen LogP contribution in [0.3, 0.4) is 0 Å². The van der Waals surface area contributed by atoms with Gasteiger partial charge in [0.15, 0.2) is 0 Å². The summed E-state index contributed by atoms with van der Waals surface area (Å²) in [6.07, 6.45) is 0. The number of anilines is 1. The van der Waals surface area contributed by atoms with Crippen molar-refractivity contribution in [1.82, 2.24) is 5.32 Å². The fourth-order valence-electron chi connectivity index (χ4n) is 2.74. The van der Waals surface area contributed by atoms with Crippen molar-refractivity contribution in [2.24, 2.45) is 5.73 Å². The molecule has 0 aromatic heterocycles. The molecular formula is C21H21N3O. The van der Waals surface area contributed by atoms with Crippen molar-refractivity contribution >= 4 is 11.7 Å². The Kier molecular flexibility index (Phi) is 5.44. The molecule has 0 fully saturated rings. The maximum atomic E-state index is 12.5. The van der Waals surface area contributed by atoms with Gasteiger partial charge in [-0.2, -0.15) is 0 Å². The number of carbonyl (C=O) groups excluding carboxylic acids is 1. The average molecular weight is 331 g/mol. The highest BCUT2D eigenvalue weighted by atomic mass is 16.2. The van der Waals surface area contributed by atoms with Crippen LogP contribution in [-0.2, 0) is 0 Å². The van der Waals surface area contributed by atoms with Gasteiger partial charge in [-0.05, 0) is 23.3 Å². The first-order chi connectivity index (χ1) is 12.2. The van der Waals surface area contributed by atoms with Gasteiger partial charge in [0.1, 0.15) is 0 Å². The van der Waals surface area contributed by atoms with Crippen LogP contribution < -0.4 is 16.4 Å². The van der Waals surface area contributed by atoms with Gasteiger partial charge in [-0.1, -0.05) is 78.9 Å². The normalized spacial score (nSPS) is 12.8. The molecule has 0 spiro atoms. The van der Waals surface area contributed by atoms with Gasteiger partial charge in [-0.15, -0.1) is 0 Å². The average Bonchev–Trinajstić information content (AvgIpc) is 2.68. The third-order valence-electron chi connectivity index (χ3n) is 4.02. The number of hydrogen-bond acceptors (Lipinski definition) is 2. The van der Waals surface area contributed by atoms with Crippen LogP contribution in [0.15, 0.2) is 91.0 Å². The number of para-hydroxylation sites is 1. The molecule has 0 aliphatic carbocycles. The van der Waals surface area contributed by atoms with Gasteiger partial charge < -0.3 is 16.4 Å². The van der Waals surface area contributed by atoms with Crippen molar-refractivity contribution in [3.8, 4) is 0 Å². The first-order valence-corrected chi connectivity index (χ1v) is 8.22. The third-order valence-corrected chi connectivity index (χ3v) is 4.02. The van der Waals surface area contributed by atoms with Crippen LogP contribution in [0, 0.1) is 0 Å². The van der Waals surface area contributed by atoms with Gasteiger partial charge >= 0.3 is 6.03 Å². The van der Waals surface area contributed by atoms with Crippen molar-refractivity contribution in [1.29, 1.82) is 0 Å². The minimum Gasteiger partial charge on any atom is -0.329 e. The molecule has 126 valence electrons. The van der Waals surface area contributed by atoms with Crippen LogP contribution in [0.5, 0.6) is 0 Å². The fraction of sp³-hybridized carbons (Fsp3) is 0.0952. The number of nitrogens with one attached hydrogen (secondary N) is 2. The predicted molar refractivity (Wildman–Crippen MR) is 101 cm³/mol. The van der Waals surface area contributed by atoms with Crippen LogP contribution in [0.25, 0.3) is 0 Å². The summed E-state index contributed by atoms with van der Waals surface area (Å²) >= 11 is 0. The Bertz CT molecular complexity index is 791. The topological polar surface area (TPSA) is 67.1 Å². The second-order valence-corrected chi connectivity index (χ2v) is 5.79. The van der Waals surface area contributed by atoms with Gasteiger partial charge in [0.05, 0.1) is 12.1 Å². The summed E-state index contributed by atoms with van der Waals surface area (Å²) in [6.45, 7) is 0. The number of carbonyl (C=O) groups is 1. The molecule has 25 heavy (non-hydrogen) atoms. The highest BCUT2D eigenvalue weighted by Gasteiger charge is 2.23. The van der Waals surface area contributed by atoms with E-state index in [0.29, 0.717) is 0 Å². The van der Waals surface area contributed by atoms with E-state index >= 15 is 0 Å². The standard InChI is InChI=1S/C21H21N3O/c22-19(16-10-4-1-5-11-16)20(17-12-6-2-7-13-17)24-21(25)23-18-14-8-3-9-15-18/h1-15,19-20H,22H2,(H2,23,24,25)/t19-,20-/m1/s1. The lowest BCUT2D eigenvalue weighted by molar-refractivity contribution is 0.246. The van der Waals surface area contributed by atoms with Gasteiger partial charge in [0.25, 0.3) is 0 Å². The molecule has 4 N–H and O–H groups in total. The highest BCUT2D eigenvalue weighted by Crippen LogP contribution is 2.26. The summed E-state index contributed by atoms with van der Waals surface area (Å²) in [5, 5.41) is 5.85. The molecule has 0 unspecified atom stereocenters. The Hall–Kier alpha value is -3.11. The van der Waals surface area contributed by atoms with E-state index in [4.69, 9.17) is 5.73 Å². The predicted octanol–water partition coefficient (Wildman–Crippen LogP) is 4.25. The van der Waals surface area contributed by atoms with E-state index in [1.807, 2.05) is 91.0 Å². The van der Waals surface area contributed by atoms with Gasteiger partial charge in [0, 0.05) is 5.69 Å². The maximum absolute atomic E-state index is 12.5. The largest absolute Gasteiger partial charge is 0.329 e. The zero-order valence-electron chi connectivity index (χ0n) is 13.8. The molecule has 0 radical (unpaired) electrons. The molecule has 0 saturated heterocycles. The number of nitrogens with two attached hydrogens (primary N) is 1. The number of urea groups is 1. The first kappa shape index (κ1) is 16.7. The summed E-state index contributed by atoms with van der Waals surface area (Å²) in [5.74, 6) is 0. The Morgan fingerprint density at radius 1 is 0.720 bits per heavy atom. The molecule has 0 bridgehead atoms. The SMILES string of the molecule is N[C@H](c1ccccc1)[C@H](NC(=O)Nc1ccccc1)c1ccccc1. The van der Waals surface area contributed by atoms with Crippen LogP contribution >= 0.6 is 0 Å². The number of hydrogen-bond donors (Lipinski definition) is 3. The van der Waals surface area contributed by atoms with E-state index in [1.165, 1.54) is 0 Å². The van der Waals surface area contributed by atoms with Gasteiger partial charge in [0.2, 0.25) is 0 Å². The summed E-state index contributed by atoms with van der Waals surface area (Å²) < 4.78 is 0. The van der Waals surface area contributed by atoms with Crippen molar-refractivity contribution < 1.29 is 4.79 Å². The zero-order valence-corrected chi connectivity index (χ0v) is 13.8. The Labute approximate surface area is 147 Å². The molecule has 3 aromatic rings. The Balaban J connectivity index is 1.80. The number of rotatable bonds is 5. The van der Waals surface area contributed by atoms with E-state index in [0.717, 1.165) is 16.8 Å². The van der Waals surface area contributed by atoms with E-state index < -0.39 is 0 Å². The molecule has 0 aliphatic rings. The van der Waals surface area contributed by atoms with Crippen molar-refractivity contribution in [2.45, 2.75) is 12.1 Å². The van der Waals surface area contributed by atoms with Crippen LogP contribution in [0.4, 0.5) is 10.5 Å². The van der Waals surface area contributed by atoms with Crippen LogP contribution in [0.1, 0.15) is 23.2 Å². The van der Waals surface area contributed by atoms with Gasteiger partial charge in [-0.25, -0.2) is 4.79 Å². The zero-order chi connectivity index (χ0) is 17.5. The maximum Gasteiger partial charge on any atom is 0.319 e. The molecule has 0 heterocycles.